The number of hydrogen-bond donors (Lipinski definition) is 0. The second-order valence-corrected chi connectivity index (χ2v) is 7.04. The van der Waals surface area contributed by atoms with E-state index in [1.807, 2.05) is 52.3 Å². The minimum Gasteiger partial charge on any atom is -0.475 e. The van der Waals surface area contributed by atoms with E-state index in [-0.39, 0.29) is 42.0 Å². The van der Waals surface area contributed by atoms with Crippen molar-refractivity contribution in [3.8, 4) is 5.75 Å². The molecule has 0 radical (unpaired) electrons. The highest BCUT2D eigenvalue weighted by molar-refractivity contribution is 6.42. The highest BCUT2D eigenvalue weighted by atomic mass is 35.5. The molecule has 1 unspecified atom stereocenters. The first-order valence-corrected chi connectivity index (χ1v) is 8.66. The standard InChI is InChI=1S/C19H24Cl2N2O.2ClH.2H2O/c1-14(23(4)12-15-8-6-5-7-9-15)24-19-11-18(21)17(20)10-16(19)13-22(2)3;;;;/h5-11,14H,12-13H2,1-4H3;2*1H;2*1H2. The lowest BCUT2D eigenvalue weighted by atomic mass is 10.2. The summed E-state index contributed by atoms with van der Waals surface area (Å²) < 4.78 is 6.17. The molecule has 2 rings (SSSR count). The normalized spacial score (nSPS) is 10.9. The number of nitrogens with zero attached hydrogens (tertiary/aromatic N) is 2. The maximum absolute atomic E-state index is 6.18. The van der Waals surface area contributed by atoms with Gasteiger partial charge in [0.05, 0.1) is 10.0 Å². The molecule has 2 aromatic rings. The van der Waals surface area contributed by atoms with Gasteiger partial charge in [0.2, 0.25) is 0 Å². The zero-order valence-electron chi connectivity index (χ0n) is 16.4. The van der Waals surface area contributed by atoms with E-state index in [4.69, 9.17) is 27.9 Å². The van der Waals surface area contributed by atoms with Gasteiger partial charge in [0.15, 0.2) is 0 Å². The van der Waals surface area contributed by atoms with Gasteiger partial charge in [-0.05, 0) is 39.7 Å². The van der Waals surface area contributed by atoms with E-state index in [9.17, 15) is 0 Å². The summed E-state index contributed by atoms with van der Waals surface area (Å²) in [6.07, 6.45) is -0.0941. The molecule has 0 saturated carbocycles. The zero-order chi connectivity index (χ0) is 17.7. The highest BCUT2D eigenvalue weighted by Crippen LogP contribution is 2.32. The van der Waals surface area contributed by atoms with E-state index in [1.165, 1.54) is 5.56 Å². The van der Waals surface area contributed by atoms with Crippen molar-refractivity contribution in [1.29, 1.82) is 0 Å². The van der Waals surface area contributed by atoms with Crippen LogP contribution < -0.4 is 4.74 Å². The Kier molecular flexibility index (Phi) is 17.2. The van der Waals surface area contributed by atoms with Crippen molar-refractivity contribution in [2.24, 2.45) is 0 Å². The number of ether oxygens (including phenoxy) is 1. The van der Waals surface area contributed by atoms with E-state index >= 15 is 0 Å². The van der Waals surface area contributed by atoms with Crippen molar-refractivity contribution in [3.63, 3.8) is 0 Å². The summed E-state index contributed by atoms with van der Waals surface area (Å²) in [4.78, 5) is 4.22. The predicted molar refractivity (Wildman–Crippen MR) is 124 cm³/mol. The van der Waals surface area contributed by atoms with Gasteiger partial charge in [0.25, 0.3) is 0 Å². The van der Waals surface area contributed by atoms with Crippen molar-refractivity contribution in [1.82, 2.24) is 9.80 Å². The number of benzene rings is 2. The maximum Gasteiger partial charge on any atom is 0.149 e. The number of hydrogen-bond acceptors (Lipinski definition) is 3. The van der Waals surface area contributed by atoms with Gasteiger partial charge >= 0.3 is 0 Å². The highest BCUT2D eigenvalue weighted by Gasteiger charge is 2.16. The Morgan fingerprint density at radius 2 is 1.43 bits per heavy atom. The third kappa shape index (κ3) is 9.63. The minimum atomic E-state index is -0.0941. The van der Waals surface area contributed by atoms with Crippen LogP contribution in [0.25, 0.3) is 0 Å². The van der Waals surface area contributed by atoms with Crippen molar-refractivity contribution in [2.75, 3.05) is 21.1 Å². The van der Waals surface area contributed by atoms with Gasteiger partial charge in [-0.15, -0.1) is 24.8 Å². The molecule has 4 N–H and O–H groups in total. The molecule has 1 atom stereocenters. The fourth-order valence-electron chi connectivity index (χ4n) is 2.42. The SMILES string of the molecule is CC(Oc1cc(Cl)c(Cl)cc1CN(C)C)N(C)Cc1ccccc1.Cl.Cl.O.O. The fourth-order valence-corrected chi connectivity index (χ4v) is 2.76. The zero-order valence-corrected chi connectivity index (χ0v) is 19.6. The molecule has 0 aromatic heterocycles. The summed E-state index contributed by atoms with van der Waals surface area (Å²) in [6, 6.07) is 14.0. The second-order valence-electron chi connectivity index (χ2n) is 6.23. The molecule has 9 heteroatoms. The summed E-state index contributed by atoms with van der Waals surface area (Å²) in [6.45, 7) is 3.58. The maximum atomic E-state index is 6.18. The molecule has 0 saturated heterocycles. The van der Waals surface area contributed by atoms with Crippen LogP contribution in [-0.2, 0) is 13.1 Å². The topological polar surface area (TPSA) is 78.7 Å². The van der Waals surface area contributed by atoms with Crippen LogP contribution in [0.2, 0.25) is 10.0 Å². The van der Waals surface area contributed by atoms with E-state index < -0.39 is 0 Å². The van der Waals surface area contributed by atoms with E-state index in [2.05, 4.69) is 21.9 Å². The van der Waals surface area contributed by atoms with Gasteiger partial charge in [0, 0.05) is 24.7 Å². The Morgan fingerprint density at radius 3 is 1.96 bits per heavy atom. The molecular weight excluding hydrogens is 446 g/mol. The van der Waals surface area contributed by atoms with Gasteiger partial charge in [-0.2, -0.15) is 0 Å². The van der Waals surface area contributed by atoms with Gasteiger partial charge < -0.3 is 20.6 Å². The predicted octanol–water partition coefficient (Wildman–Crippen LogP) is 4.11. The van der Waals surface area contributed by atoms with E-state index in [0.717, 1.165) is 24.4 Å². The van der Waals surface area contributed by atoms with Crippen LogP contribution in [0.3, 0.4) is 0 Å². The average molecular weight is 476 g/mol. The Morgan fingerprint density at radius 1 is 0.893 bits per heavy atom. The average Bonchev–Trinajstić information content (AvgIpc) is 2.52. The lowest BCUT2D eigenvalue weighted by molar-refractivity contribution is 0.0537. The fraction of sp³-hybridized carbons (Fsp3) is 0.368. The van der Waals surface area contributed by atoms with Crippen LogP contribution >= 0.6 is 48.0 Å². The first-order chi connectivity index (χ1) is 11.4. The molecule has 0 aliphatic rings. The van der Waals surface area contributed by atoms with Crippen molar-refractivity contribution >= 4 is 48.0 Å². The third-order valence-corrected chi connectivity index (χ3v) is 4.51. The Bertz CT molecular complexity index is 676. The summed E-state index contributed by atoms with van der Waals surface area (Å²) in [5.41, 5.74) is 2.27. The molecule has 0 aliphatic carbocycles. The lowest BCUT2D eigenvalue weighted by Gasteiger charge is -2.27. The van der Waals surface area contributed by atoms with Crippen molar-refractivity contribution in [3.05, 3.63) is 63.6 Å². The second kappa shape index (κ2) is 15.1. The first-order valence-electron chi connectivity index (χ1n) is 7.90. The molecular formula is C19H30Cl4N2O3. The minimum absolute atomic E-state index is 0. The van der Waals surface area contributed by atoms with Crippen LogP contribution in [-0.4, -0.2) is 48.1 Å². The first kappa shape index (κ1) is 31.9. The molecule has 0 amide bonds. The Labute approximate surface area is 190 Å². The van der Waals surface area contributed by atoms with Crippen molar-refractivity contribution < 1.29 is 15.7 Å². The lowest BCUT2D eigenvalue weighted by Crippen LogP contribution is -2.33. The van der Waals surface area contributed by atoms with Gasteiger partial charge in [-0.1, -0.05) is 53.5 Å². The van der Waals surface area contributed by atoms with E-state index in [0.29, 0.717) is 10.0 Å². The Hall–Kier alpha value is -0.760. The summed E-state index contributed by atoms with van der Waals surface area (Å²) in [5.74, 6) is 0.769. The largest absolute Gasteiger partial charge is 0.475 e. The molecule has 0 fully saturated rings. The van der Waals surface area contributed by atoms with Crippen LogP contribution in [0.1, 0.15) is 18.1 Å². The van der Waals surface area contributed by atoms with Gasteiger partial charge in [-0.3, -0.25) is 4.90 Å². The molecule has 0 bridgehead atoms. The van der Waals surface area contributed by atoms with Crippen molar-refractivity contribution in [2.45, 2.75) is 26.2 Å². The molecule has 0 heterocycles. The smallest absolute Gasteiger partial charge is 0.149 e. The summed E-state index contributed by atoms with van der Waals surface area (Å²) in [5, 5.41) is 1.05. The summed E-state index contributed by atoms with van der Waals surface area (Å²) >= 11 is 12.3. The van der Waals surface area contributed by atoms with E-state index in [1.54, 1.807) is 6.07 Å². The van der Waals surface area contributed by atoms with Crippen LogP contribution in [0.15, 0.2) is 42.5 Å². The Balaban J connectivity index is -0.00000156. The molecule has 5 nitrogen and oxygen atoms in total. The summed E-state index contributed by atoms with van der Waals surface area (Å²) in [7, 11) is 6.06. The van der Waals surface area contributed by atoms with Gasteiger partial charge in [-0.25, -0.2) is 0 Å². The van der Waals surface area contributed by atoms with Gasteiger partial charge in [0.1, 0.15) is 12.0 Å². The number of rotatable bonds is 7. The third-order valence-electron chi connectivity index (χ3n) is 3.78. The molecule has 162 valence electrons. The monoisotopic (exact) mass is 474 g/mol. The van der Waals surface area contributed by atoms with Crippen LogP contribution in [0.4, 0.5) is 0 Å². The molecule has 2 aromatic carbocycles. The quantitative estimate of drug-likeness (QED) is 0.565. The molecule has 28 heavy (non-hydrogen) atoms. The van der Waals surface area contributed by atoms with Crippen LogP contribution in [0, 0.1) is 0 Å². The van der Waals surface area contributed by atoms with Crippen LogP contribution in [0.5, 0.6) is 5.75 Å². The number of halogens is 4. The molecule has 0 aliphatic heterocycles. The molecule has 0 spiro atoms.